The van der Waals surface area contributed by atoms with Gasteiger partial charge in [-0.1, -0.05) is 0 Å². The molecule has 5 heteroatoms. The average Bonchev–Trinajstić information content (AvgIpc) is 1.41. The van der Waals surface area contributed by atoms with E-state index in [4.69, 9.17) is 0 Å². The van der Waals surface area contributed by atoms with Gasteiger partial charge in [0.05, 0.1) is 0 Å². The Balaban J connectivity index is 2.19. The quantitative estimate of drug-likeness (QED) is 0.339. The zero-order chi connectivity index (χ0) is 4.12. The van der Waals surface area contributed by atoms with Crippen molar-refractivity contribution in [2.75, 3.05) is 0 Å². The molecule has 5 heavy (non-hydrogen) atoms. The second-order valence-electron chi connectivity index (χ2n) is 0.422. The summed E-state index contributed by atoms with van der Waals surface area (Å²) in [7, 11) is 0. The van der Waals surface area contributed by atoms with Crippen LogP contribution in [0.1, 0.15) is 0 Å². The van der Waals surface area contributed by atoms with Gasteiger partial charge in [-0.25, -0.2) is 0 Å². The van der Waals surface area contributed by atoms with Crippen molar-refractivity contribution in [1.29, 1.82) is 0 Å². The molecule has 0 aliphatic carbocycles. The fourth-order valence-corrected chi connectivity index (χ4v) is 61.4. The average molecular weight is 393 g/mol. The van der Waals surface area contributed by atoms with Crippen molar-refractivity contribution in [3.63, 3.8) is 0 Å². The molecule has 0 aromatic heterocycles. The molecular formula is H4I2SeSi2. The third-order valence-electron chi connectivity index (χ3n) is 0.154. The number of hydrogen-bond acceptors (Lipinski definition) is 0. The maximum absolute atomic E-state index is 2.58. The fourth-order valence-electron chi connectivity index (χ4n) is 0.0292. The van der Waals surface area contributed by atoms with Crippen LogP contribution < -0.4 is 0 Å². The van der Waals surface area contributed by atoms with Crippen LogP contribution in [0.4, 0.5) is 0 Å². The molecule has 0 atom stereocenters. The van der Waals surface area contributed by atoms with Gasteiger partial charge in [0.25, 0.3) is 0 Å². The molecule has 32 valence electrons. The van der Waals surface area contributed by atoms with Crippen LogP contribution in [-0.4, -0.2) is 24.9 Å². The van der Waals surface area contributed by atoms with Crippen molar-refractivity contribution in [3.8, 4) is 0 Å². The Kier molecular flexibility index (Phi) is 9.51. The van der Waals surface area contributed by atoms with Crippen molar-refractivity contribution >= 4 is 68.5 Å². The Morgan fingerprint density at radius 1 is 1.20 bits per heavy atom. The molecule has 0 nitrogen and oxygen atoms in total. The second kappa shape index (κ2) is 6.41. The number of hydrogen-bond donors (Lipinski definition) is 0. The topological polar surface area (TPSA) is 0 Å². The van der Waals surface area contributed by atoms with E-state index in [1.165, 1.54) is 13.7 Å². The summed E-state index contributed by atoms with van der Waals surface area (Å²) in [5.74, 6) is 0. The van der Waals surface area contributed by atoms with Crippen LogP contribution in [0.25, 0.3) is 0 Å². The Bertz CT molecular complexity index is 15.1. The minimum absolute atomic E-state index is 0.501. The van der Waals surface area contributed by atoms with E-state index in [-0.39, 0.29) is 0 Å². The zero-order valence-electron chi connectivity index (χ0n) is 2.58. The molecule has 0 spiro atoms. The molecule has 0 aromatic carbocycles. The fraction of sp³-hybridized carbons (Fsp3) is 0. The van der Waals surface area contributed by atoms with Gasteiger partial charge in [0.1, 0.15) is 0 Å². The monoisotopic (exact) mass is 394 g/mol. The van der Waals surface area contributed by atoms with E-state index in [0.29, 0.717) is 11.2 Å². The normalized spacial score (nSPS) is 13.2. The van der Waals surface area contributed by atoms with Crippen LogP contribution in [0, 0.1) is 0 Å². The molecule has 0 bridgehead atoms. The van der Waals surface area contributed by atoms with Crippen LogP contribution >= 0.6 is 43.6 Å². The molecule has 0 saturated heterocycles. The molecule has 0 unspecified atom stereocenters. The van der Waals surface area contributed by atoms with Gasteiger partial charge in [-0.15, -0.1) is 0 Å². The van der Waals surface area contributed by atoms with Gasteiger partial charge in [0.2, 0.25) is 0 Å². The van der Waals surface area contributed by atoms with Gasteiger partial charge in [-0.05, 0) is 0 Å². The van der Waals surface area contributed by atoms with Gasteiger partial charge < -0.3 is 0 Å². The summed E-state index contributed by atoms with van der Waals surface area (Å²) in [5, 5.41) is 0. The van der Waals surface area contributed by atoms with E-state index in [2.05, 4.69) is 43.6 Å². The van der Waals surface area contributed by atoms with E-state index in [1.807, 2.05) is 0 Å². The van der Waals surface area contributed by atoms with Gasteiger partial charge in [0, 0.05) is 0 Å². The first kappa shape index (κ1) is 7.41. The minimum atomic E-state index is 0.501. The van der Waals surface area contributed by atoms with Gasteiger partial charge >= 0.3 is 68.5 Å². The Labute approximate surface area is 67.4 Å². The SMILES string of the molecule is I[SiH2][Se][SiH2]I. The van der Waals surface area contributed by atoms with E-state index >= 15 is 0 Å². The zero-order valence-corrected chi connectivity index (χ0v) is 11.4. The molecule has 0 aromatic rings. The molecule has 0 fully saturated rings. The molecule has 0 aliphatic rings. The maximum atomic E-state index is 2.58. The molecule has 0 amide bonds. The summed E-state index contributed by atoms with van der Waals surface area (Å²) >= 11 is 6.38. The Morgan fingerprint density at radius 3 is 1.60 bits per heavy atom. The van der Waals surface area contributed by atoms with E-state index < -0.39 is 0 Å². The van der Waals surface area contributed by atoms with Crippen molar-refractivity contribution in [3.05, 3.63) is 0 Å². The predicted octanol–water partition coefficient (Wildman–Crippen LogP) is -0.442. The van der Waals surface area contributed by atoms with Crippen molar-refractivity contribution in [2.24, 2.45) is 0 Å². The third-order valence-corrected chi connectivity index (χ3v) is 48.4. The van der Waals surface area contributed by atoms with Gasteiger partial charge in [0.15, 0.2) is 0 Å². The summed E-state index contributed by atoms with van der Waals surface area (Å²) in [5.41, 5.74) is 1.00. The van der Waals surface area contributed by atoms with Gasteiger partial charge in [-0.3, -0.25) is 0 Å². The van der Waals surface area contributed by atoms with Gasteiger partial charge in [-0.2, -0.15) is 0 Å². The summed E-state index contributed by atoms with van der Waals surface area (Å²) in [6, 6.07) is 0. The summed E-state index contributed by atoms with van der Waals surface area (Å²) in [4.78, 5) is 0. The summed E-state index contributed by atoms with van der Waals surface area (Å²) in [6.07, 6.45) is 0. The molecule has 0 radical (unpaired) electrons. The molecule has 0 aliphatic heterocycles. The third kappa shape index (κ3) is 6.41. The number of rotatable bonds is 2. The van der Waals surface area contributed by atoms with Crippen LogP contribution in [0.5, 0.6) is 0 Å². The molecule has 0 saturated carbocycles. The van der Waals surface area contributed by atoms with Crippen molar-refractivity contribution in [2.45, 2.75) is 0 Å². The van der Waals surface area contributed by atoms with Crippen LogP contribution in [-0.2, 0) is 0 Å². The molecule has 0 rings (SSSR count). The first-order valence-corrected chi connectivity index (χ1v) is 19.8. The number of halogens is 2. The molecule has 0 heterocycles. The Hall–Kier alpha value is 2.41. The van der Waals surface area contributed by atoms with Crippen molar-refractivity contribution < 1.29 is 0 Å². The van der Waals surface area contributed by atoms with Crippen LogP contribution in [0.3, 0.4) is 0 Å². The van der Waals surface area contributed by atoms with Crippen molar-refractivity contribution in [1.82, 2.24) is 0 Å². The molecular weight excluding hydrogens is 389 g/mol. The van der Waals surface area contributed by atoms with E-state index in [9.17, 15) is 0 Å². The van der Waals surface area contributed by atoms with Crippen LogP contribution in [0.2, 0.25) is 0 Å². The Morgan fingerprint density at radius 2 is 1.60 bits per heavy atom. The summed E-state index contributed by atoms with van der Waals surface area (Å²) in [6.45, 7) is 0. The standard InChI is InChI=1S/H4I2SeSi2/c1-4-3-5-2/h4-5H2. The first-order valence-electron chi connectivity index (χ1n) is 1.11. The molecule has 0 N–H and O–H groups in total. The first-order chi connectivity index (χ1) is 2.41. The van der Waals surface area contributed by atoms with E-state index in [0.717, 1.165) is 0 Å². The second-order valence-corrected chi connectivity index (χ2v) is 32.4. The van der Waals surface area contributed by atoms with Crippen LogP contribution in [0.15, 0.2) is 0 Å². The predicted molar refractivity (Wildman–Crippen MR) is 50.9 cm³/mol. The van der Waals surface area contributed by atoms with E-state index in [1.54, 1.807) is 0 Å². The summed E-state index contributed by atoms with van der Waals surface area (Å²) < 4.78 is 0.